The van der Waals surface area contributed by atoms with Gasteiger partial charge in [-0.2, -0.15) is 26.3 Å². The molecule has 7 nitrogen and oxygen atoms in total. The van der Waals surface area contributed by atoms with Crippen LogP contribution in [0.1, 0.15) is 39.3 Å². The maximum Gasteiger partial charge on any atom is 0.160 e. The summed E-state index contributed by atoms with van der Waals surface area (Å²) in [6.07, 6.45) is 1.24. The van der Waals surface area contributed by atoms with Crippen LogP contribution >= 0.6 is 0 Å². The zero-order valence-electron chi connectivity index (χ0n) is 13.7. The summed E-state index contributed by atoms with van der Waals surface area (Å²) in [7, 11) is 0. The van der Waals surface area contributed by atoms with Crippen molar-refractivity contribution in [3.63, 3.8) is 0 Å². The summed E-state index contributed by atoms with van der Waals surface area (Å²) in [5.74, 6) is 0. The molecule has 0 fully saturated rings. The van der Waals surface area contributed by atoms with Crippen LogP contribution in [0.4, 0.5) is 0 Å². The third kappa shape index (κ3) is 3.20. The molecule has 2 rings (SSSR count). The first-order valence-electron chi connectivity index (χ1n) is 6.59. The van der Waals surface area contributed by atoms with Gasteiger partial charge in [0.05, 0.1) is 11.1 Å². The van der Waals surface area contributed by atoms with Gasteiger partial charge in [-0.1, -0.05) is 0 Å². The second kappa shape index (κ2) is 8.03. The molecule has 0 spiro atoms. The Morgan fingerprint density at radius 2 is 1.28 bits per heavy atom. The van der Waals surface area contributed by atoms with Crippen molar-refractivity contribution in [1.82, 2.24) is 9.97 Å². The fraction of sp³-hybridized carbons (Fsp3) is 0.118. The molecule has 2 heterocycles. The molecule has 2 aromatic heterocycles. The van der Waals surface area contributed by atoms with E-state index < -0.39 is 0 Å². The monoisotopic (exact) mass is 332 g/mol. The van der Waals surface area contributed by atoms with Crippen LogP contribution in [-0.2, 0) is 0 Å². The van der Waals surface area contributed by atoms with Gasteiger partial charge in [0.25, 0.3) is 0 Å². The fourth-order valence-corrected chi connectivity index (χ4v) is 2.42. The van der Waals surface area contributed by atoms with Crippen molar-refractivity contribution in [2.24, 2.45) is 0 Å². The van der Waals surface area contributed by atoms with Gasteiger partial charge in [0.1, 0.15) is 41.7 Å². The molecule has 0 saturated heterocycles. The molecule has 0 aliphatic rings. The van der Waals surface area contributed by atoms with Gasteiger partial charge in [0, 0.05) is 46.9 Å². The topological polar surface area (TPSA) is 145 Å². The average Bonchev–Trinajstić information content (AvgIpc) is 2.61. The van der Waals surface area contributed by atoms with E-state index in [1.165, 1.54) is 6.20 Å². The molecule has 0 aliphatic carbocycles. The first-order valence-corrected chi connectivity index (χ1v) is 6.59. The van der Waals surface area contributed by atoms with E-state index >= 15 is 0 Å². The molecule has 2 aromatic rings. The number of hydrogen-bond acceptors (Lipinski definition) is 7. The van der Waals surface area contributed by atoms with Crippen LogP contribution in [-0.4, -0.2) is 39.5 Å². The van der Waals surface area contributed by atoms with Crippen molar-refractivity contribution >= 4 is 29.6 Å². The van der Waals surface area contributed by atoms with Crippen LogP contribution < -0.4 is 0 Å². The van der Waals surface area contributed by atoms with E-state index in [-0.39, 0.29) is 63.3 Å². The van der Waals surface area contributed by atoms with E-state index in [9.17, 15) is 26.3 Å². The number of pyridine rings is 2. The Balaban J connectivity index is 0.00000312. The smallest absolute Gasteiger partial charge is 0.160 e. The van der Waals surface area contributed by atoms with E-state index in [0.29, 0.717) is 16.7 Å². The molecule has 0 unspecified atom stereocenters. The zero-order valence-corrected chi connectivity index (χ0v) is 15.7. The van der Waals surface area contributed by atoms with Gasteiger partial charge in [-0.05, 0) is 25.0 Å². The van der Waals surface area contributed by atoms with Crippen LogP contribution in [0, 0.1) is 70.5 Å². The summed E-state index contributed by atoms with van der Waals surface area (Å²) in [5, 5.41) is 46.5. The summed E-state index contributed by atoms with van der Waals surface area (Å²) >= 11 is 0. The van der Waals surface area contributed by atoms with Gasteiger partial charge in [0.15, 0.2) is 5.69 Å². The molecule has 0 aromatic carbocycles. The van der Waals surface area contributed by atoms with E-state index in [1.54, 1.807) is 19.9 Å². The predicted molar refractivity (Wildman–Crippen MR) is 86.3 cm³/mol. The Morgan fingerprint density at radius 3 is 1.76 bits per heavy atom. The minimum atomic E-state index is -0.201. The molecule has 0 atom stereocenters. The Hall–Kier alpha value is -3.25. The SMILES string of the molecule is Cc1c(C#N)ncc(C#N)c1-c1c(C)c(C#N)nc(C#N)c1C#N.[Na]. The molecule has 8 heteroatoms. The van der Waals surface area contributed by atoms with E-state index in [2.05, 4.69) is 9.97 Å². The molecule has 0 amide bonds. The van der Waals surface area contributed by atoms with Gasteiger partial charge < -0.3 is 0 Å². The van der Waals surface area contributed by atoms with Crippen molar-refractivity contribution in [3.05, 3.63) is 45.5 Å². The minimum Gasteiger partial charge on any atom is -0.244 e. The number of nitrogens with zero attached hydrogens (tertiary/aromatic N) is 7. The Morgan fingerprint density at radius 1 is 0.720 bits per heavy atom. The molecule has 0 bridgehead atoms. The maximum atomic E-state index is 9.47. The second-order valence-electron chi connectivity index (χ2n) is 4.76. The number of hydrogen-bond donors (Lipinski definition) is 0. The third-order valence-corrected chi connectivity index (χ3v) is 3.56. The van der Waals surface area contributed by atoms with Crippen molar-refractivity contribution < 1.29 is 0 Å². The number of rotatable bonds is 1. The molecule has 0 saturated carbocycles. The van der Waals surface area contributed by atoms with Gasteiger partial charge >= 0.3 is 0 Å². The van der Waals surface area contributed by atoms with Crippen molar-refractivity contribution in [2.45, 2.75) is 13.8 Å². The first kappa shape index (κ1) is 19.8. The largest absolute Gasteiger partial charge is 0.244 e. The standard InChI is InChI=1S/C17H7N7.Na/c1-9-13(5-20)23-8-11(3-18)16(9)17-10(2)14(6-21)24-15(7-22)12(17)4-19;/h8H,1-2H3;. The van der Waals surface area contributed by atoms with E-state index in [1.807, 2.05) is 24.3 Å². The second-order valence-corrected chi connectivity index (χ2v) is 4.76. The Bertz CT molecular complexity index is 1080. The molecular formula is C17H7N7Na. The normalized spacial score (nSPS) is 8.68. The maximum absolute atomic E-state index is 9.47. The molecule has 111 valence electrons. The average molecular weight is 332 g/mol. The zero-order chi connectivity index (χ0) is 17.9. The van der Waals surface area contributed by atoms with Gasteiger partial charge in [-0.3, -0.25) is 0 Å². The summed E-state index contributed by atoms with van der Waals surface area (Å²) in [6.45, 7) is 3.18. The minimum absolute atomic E-state index is 0. The van der Waals surface area contributed by atoms with Gasteiger partial charge in [0.2, 0.25) is 0 Å². The molecular weight excluding hydrogens is 325 g/mol. The van der Waals surface area contributed by atoms with Crippen LogP contribution in [0.25, 0.3) is 11.1 Å². The van der Waals surface area contributed by atoms with Gasteiger partial charge in [-0.15, -0.1) is 0 Å². The van der Waals surface area contributed by atoms with Crippen molar-refractivity contribution in [1.29, 1.82) is 26.3 Å². The number of aromatic nitrogens is 2. The van der Waals surface area contributed by atoms with Gasteiger partial charge in [-0.25, -0.2) is 9.97 Å². The van der Waals surface area contributed by atoms with Crippen molar-refractivity contribution in [2.75, 3.05) is 0 Å². The Labute approximate surface area is 166 Å². The van der Waals surface area contributed by atoms with E-state index in [0.717, 1.165) is 0 Å². The fourth-order valence-electron chi connectivity index (χ4n) is 2.42. The molecule has 0 aliphatic heterocycles. The molecule has 1 radical (unpaired) electrons. The third-order valence-electron chi connectivity index (χ3n) is 3.56. The van der Waals surface area contributed by atoms with Crippen LogP contribution in [0.3, 0.4) is 0 Å². The Kier molecular flexibility index (Phi) is 6.36. The molecule has 25 heavy (non-hydrogen) atoms. The first-order chi connectivity index (χ1) is 11.5. The quantitative estimate of drug-likeness (QED) is 0.723. The number of nitriles is 5. The summed E-state index contributed by atoms with van der Waals surface area (Å²) in [6, 6.07) is 9.49. The summed E-state index contributed by atoms with van der Waals surface area (Å²) < 4.78 is 0. The van der Waals surface area contributed by atoms with Crippen molar-refractivity contribution in [3.8, 4) is 41.5 Å². The van der Waals surface area contributed by atoms with E-state index in [4.69, 9.17) is 0 Å². The summed E-state index contributed by atoms with van der Waals surface area (Å²) in [5.41, 5.74) is 1.32. The van der Waals surface area contributed by atoms with Crippen LogP contribution in [0.15, 0.2) is 6.20 Å². The summed E-state index contributed by atoms with van der Waals surface area (Å²) in [4.78, 5) is 7.80. The van der Waals surface area contributed by atoms with Crippen LogP contribution in [0.2, 0.25) is 0 Å². The van der Waals surface area contributed by atoms with Crippen LogP contribution in [0.5, 0.6) is 0 Å². The molecule has 0 N–H and O–H groups in total. The predicted octanol–water partition coefficient (Wildman–Crippen LogP) is 1.74.